The van der Waals surface area contributed by atoms with Crippen molar-refractivity contribution in [2.75, 3.05) is 0 Å². The number of amides is 2. The monoisotopic (exact) mass is 182 g/mol. The topological polar surface area (TPSA) is 86.2 Å². The summed E-state index contributed by atoms with van der Waals surface area (Å²) in [5.41, 5.74) is 9.11. The van der Waals surface area contributed by atoms with E-state index in [0.717, 1.165) is 0 Å². The van der Waals surface area contributed by atoms with Gasteiger partial charge in [0, 0.05) is 0 Å². The molecule has 0 saturated heterocycles. The van der Waals surface area contributed by atoms with Crippen molar-refractivity contribution in [3.63, 3.8) is 0 Å². The van der Waals surface area contributed by atoms with E-state index in [9.17, 15) is 9.59 Å². The average Bonchev–Trinajstić information content (AvgIpc) is 1.27. The van der Waals surface area contributed by atoms with Crippen molar-refractivity contribution in [1.82, 2.24) is 0 Å². The first-order valence-corrected chi connectivity index (χ1v) is 1.69. The molecule has 8 heavy (non-hydrogen) atoms. The third-order valence-corrected chi connectivity index (χ3v) is 0.348. The summed E-state index contributed by atoms with van der Waals surface area (Å²) >= 11 is 0. The lowest BCUT2D eigenvalue weighted by molar-refractivity contribution is -0.125. The summed E-state index contributed by atoms with van der Waals surface area (Å²) < 4.78 is 0. The van der Waals surface area contributed by atoms with Gasteiger partial charge in [0.2, 0.25) is 11.8 Å². The highest BCUT2D eigenvalue weighted by molar-refractivity contribution is 8.93. The third-order valence-electron chi connectivity index (χ3n) is 0.348. The highest BCUT2D eigenvalue weighted by atomic mass is 79.9. The van der Waals surface area contributed by atoms with Crippen molar-refractivity contribution in [3.05, 3.63) is 0 Å². The summed E-state index contributed by atoms with van der Waals surface area (Å²) in [4.78, 5) is 19.5. The molecule has 48 valence electrons. The second kappa shape index (κ2) is 4.58. The second-order valence-corrected chi connectivity index (χ2v) is 1.11. The van der Waals surface area contributed by atoms with Gasteiger partial charge in [-0.2, -0.15) is 0 Å². The van der Waals surface area contributed by atoms with E-state index in [4.69, 9.17) is 0 Å². The Morgan fingerprint density at radius 3 is 1.38 bits per heavy atom. The van der Waals surface area contributed by atoms with Gasteiger partial charge in [-0.05, 0) is 0 Å². The van der Waals surface area contributed by atoms with Crippen LogP contribution in [0.4, 0.5) is 0 Å². The van der Waals surface area contributed by atoms with Crippen molar-refractivity contribution in [2.24, 2.45) is 11.5 Å². The first-order valence-electron chi connectivity index (χ1n) is 1.69. The van der Waals surface area contributed by atoms with E-state index < -0.39 is 11.8 Å². The van der Waals surface area contributed by atoms with Crippen molar-refractivity contribution < 1.29 is 9.59 Å². The standard InChI is InChI=1S/C3H6N2O2.BrH/c4-2(6)1-3(5)7;/h1H2,(H2,4,6)(H2,5,7);1H. The highest BCUT2D eigenvalue weighted by Crippen LogP contribution is 1.68. The summed E-state index contributed by atoms with van der Waals surface area (Å²) in [5.74, 6) is -1.37. The molecule has 0 bridgehead atoms. The first-order chi connectivity index (χ1) is 3.13. The van der Waals surface area contributed by atoms with Gasteiger partial charge in [-0.1, -0.05) is 0 Å². The van der Waals surface area contributed by atoms with E-state index in [1.807, 2.05) is 0 Å². The lowest BCUT2D eigenvalue weighted by atomic mass is 10.4. The van der Waals surface area contributed by atoms with Crippen LogP contribution in [0.1, 0.15) is 6.42 Å². The van der Waals surface area contributed by atoms with Crippen LogP contribution in [0.15, 0.2) is 0 Å². The lowest BCUT2D eigenvalue weighted by Crippen LogP contribution is -2.21. The molecule has 0 aromatic carbocycles. The summed E-state index contributed by atoms with van der Waals surface area (Å²) in [5, 5.41) is 0. The van der Waals surface area contributed by atoms with Gasteiger partial charge in [0.25, 0.3) is 0 Å². The van der Waals surface area contributed by atoms with Gasteiger partial charge >= 0.3 is 0 Å². The fourth-order valence-electron chi connectivity index (χ4n) is 0.172. The van der Waals surface area contributed by atoms with Crippen molar-refractivity contribution in [1.29, 1.82) is 0 Å². The molecule has 0 heterocycles. The number of carbonyl (C=O) groups excluding carboxylic acids is 2. The molecule has 0 aliphatic rings. The Hall–Kier alpha value is -0.580. The van der Waals surface area contributed by atoms with Crippen LogP contribution < -0.4 is 11.5 Å². The van der Waals surface area contributed by atoms with Gasteiger partial charge in [-0.3, -0.25) is 9.59 Å². The molecule has 0 rings (SSSR count). The van der Waals surface area contributed by atoms with Crippen LogP contribution in [-0.4, -0.2) is 11.8 Å². The molecule has 0 spiro atoms. The van der Waals surface area contributed by atoms with E-state index >= 15 is 0 Å². The molecule has 0 aromatic heterocycles. The molecule has 0 unspecified atom stereocenters. The van der Waals surface area contributed by atoms with E-state index in [2.05, 4.69) is 11.5 Å². The zero-order valence-corrected chi connectivity index (χ0v) is 5.80. The SMILES string of the molecule is Br.NC(=O)CC(N)=O. The summed E-state index contributed by atoms with van der Waals surface area (Å²) in [6, 6.07) is 0. The molecular weight excluding hydrogens is 176 g/mol. The molecule has 0 fully saturated rings. The maximum absolute atomic E-state index is 9.73. The quantitative estimate of drug-likeness (QED) is 0.533. The molecular formula is C3H7BrN2O2. The molecule has 2 amide bonds. The number of halogens is 1. The van der Waals surface area contributed by atoms with Gasteiger partial charge in [-0.15, -0.1) is 17.0 Å². The molecule has 4 N–H and O–H groups in total. The van der Waals surface area contributed by atoms with Gasteiger partial charge in [0.15, 0.2) is 0 Å². The summed E-state index contributed by atoms with van der Waals surface area (Å²) in [7, 11) is 0. The minimum atomic E-state index is -0.687. The Morgan fingerprint density at radius 1 is 1.12 bits per heavy atom. The number of rotatable bonds is 2. The van der Waals surface area contributed by atoms with Crippen molar-refractivity contribution in [3.8, 4) is 0 Å². The maximum Gasteiger partial charge on any atom is 0.226 e. The van der Waals surface area contributed by atoms with E-state index in [-0.39, 0.29) is 23.4 Å². The predicted octanol–water partition coefficient (Wildman–Crippen LogP) is -1.08. The minimum absolute atomic E-state index is 0. The molecule has 0 aromatic rings. The normalized spacial score (nSPS) is 7.00. The largest absolute Gasteiger partial charge is 0.369 e. The van der Waals surface area contributed by atoms with Crippen LogP contribution in [0.5, 0.6) is 0 Å². The zero-order valence-electron chi connectivity index (χ0n) is 4.09. The Kier molecular flexibility index (Phi) is 5.95. The Labute approximate surface area is 57.0 Å². The number of nitrogens with two attached hydrogens (primary N) is 2. The number of carbonyl (C=O) groups is 2. The maximum atomic E-state index is 9.73. The smallest absolute Gasteiger partial charge is 0.226 e. The fraction of sp³-hybridized carbons (Fsp3) is 0.333. The molecule has 5 heteroatoms. The Morgan fingerprint density at radius 2 is 1.38 bits per heavy atom. The third kappa shape index (κ3) is 9.05. The van der Waals surface area contributed by atoms with Gasteiger partial charge in [0.1, 0.15) is 6.42 Å². The highest BCUT2D eigenvalue weighted by Gasteiger charge is 1.96. The van der Waals surface area contributed by atoms with Crippen LogP contribution in [-0.2, 0) is 9.59 Å². The molecule has 0 atom stereocenters. The van der Waals surface area contributed by atoms with Crippen molar-refractivity contribution >= 4 is 28.8 Å². The fourth-order valence-corrected chi connectivity index (χ4v) is 0.172. The van der Waals surface area contributed by atoms with Crippen LogP contribution in [0.3, 0.4) is 0 Å². The lowest BCUT2D eigenvalue weighted by Gasteiger charge is -1.82. The average molecular weight is 183 g/mol. The molecule has 0 aliphatic heterocycles. The summed E-state index contributed by atoms with van der Waals surface area (Å²) in [6.07, 6.45) is -0.361. The zero-order chi connectivity index (χ0) is 5.86. The number of hydrogen-bond donors (Lipinski definition) is 2. The Balaban J connectivity index is 0. The van der Waals surface area contributed by atoms with E-state index in [1.165, 1.54) is 0 Å². The van der Waals surface area contributed by atoms with Gasteiger partial charge in [-0.25, -0.2) is 0 Å². The first kappa shape index (κ1) is 10.4. The number of primary amides is 2. The second-order valence-electron chi connectivity index (χ2n) is 1.11. The van der Waals surface area contributed by atoms with Crippen molar-refractivity contribution in [2.45, 2.75) is 6.42 Å². The van der Waals surface area contributed by atoms with Crippen LogP contribution >= 0.6 is 17.0 Å². The van der Waals surface area contributed by atoms with E-state index in [0.29, 0.717) is 0 Å². The minimum Gasteiger partial charge on any atom is -0.369 e. The van der Waals surface area contributed by atoms with Crippen LogP contribution in [0.25, 0.3) is 0 Å². The van der Waals surface area contributed by atoms with Gasteiger partial charge < -0.3 is 11.5 Å². The van der Waals surface area contributed by atoms with Gasteiger partial charge in [0.05, 0.1) is 0 Å². The Bertz CT molecular complexity index is 91.5. The van der Waals surface area contributed by atoms with E-state index in [1.54, 1.807) is 0 Å². The molecule has 0 aliphatic carbocycles. The molecule has 0 radical (unpaired) electrons. The van der Waals surface area contributed by atoms with Crippen LogP contribution in [0.2, 0.25) is 0 Å². The van der Waals surface area contributed by atoms with Crippen LogP contribution in [0, 0.1) is 0 Å². The molecule has 4 nitrogen and oxygen atoms in total. The predicted molar refractivity (Wildman–Crippen MR) is 33.3 cm³/mol. The number of hydrogen-bond acceptors (Lipinski definition) is 2. The molecule has 0 saturated carbocycles. The summed E-state index contributed by atoms with van der Waals surface area (Å²) in [6.45, 7) is 0.